The minimum atomic E-state index is -0.881. The maximum Gasteiger partial charge on any atom is 0.328 e. The highest BCUT2D eigenvalue weighted by Crippen LogP contribution is 2.20. The van der Waals surface area contributed by atoms with E-state index in [-0.39, 0.29) is 68.2 Å². The normalized spacial score (nSPS) is 12.8. The molecule has 0 aromatic heterocycles. The molecule has 0 bridgehead atoms. The van der Waals surface area contributed by atoms with Gasteiger partial charge in [0.1, 0.15) is 6.04 Å². The number of nitrogens with one attached hydrogen (secondary N) is 1. The summed E-state index contributed by atoms with van der Waals surface area (Å²) in [6, 6.07) is -0.881. The molecule has 0 aliphatic carbocycles. The van der Waals surface area contributed by atoms with Gasteiger partial charge in [0.15, 0.2) is 5.96 Å². The van der Waals surface area contributed by atoms with Gasteiger partial charge in [-0.1, -0.05) is 105 Å². The largest absolute Gasteiger partial charge is 0.465 e. The first-order chi connectivity index (χ1) is 24.2. The van der Waals surface area contributed by atoms with Crippen molar-refractivity contribution in [3.05, 3.63) is 0 Å². The Labute approximate surface area is 304 Å². The second-order valence-corrected chi connectivity index (χ2v) is 13.6. The van der Waals surface area contributed by atoms with E-state index in [0.29, 0.717) is 32.3 Å². The van der Waals surface area contributed by atoms with Crippen molar-refractivity contribution in [1.29, 1.82) is 0 Å². The molecule has 0 radical (unpaired) electrons. The number of aliphatic imine (C=N–C) groups is 1. The Morgan fingerprint density at radius 3 is 1.40 bits per heavy atom. The highest BCUT2D eigenvalue weighted by Gasteiger charge is 2.23. The van der Waals surface area contributed by atoms with Crippen molar-refractivity contribution in [2.45, 2.75) is 181 Å². The van der Waals surface area contributed by atoms with Gasteiger partial charge in [0.2, 0.25) is 5.91 Å². The van der Waals surface area contributed by atoms with E-state index < -0.39 is 12.0 Å². The Morgan fingerprint density at radius 2 is 0.940 bits per heavy atom. The summed E-state index contributed by atoms with van der Waals surface area (Å²) in [7, 11) is 0. The number of carbonyl (C=O) groups excluding carboxylic acids is 4. The number of hydrogen-bond acceptors (Lipinski definition) is 8. The van der Waals surface area contributed by atoms with Crippen LogP contribution in [-0.4, -0.2) is 62.2 Å². The zero-order valence-electron chi connectivity index (χ0n) is 32.3. The number of unbranched alkanes of at least 4 members (excludes halogenated alkanes) is 11. The van der Waals surface area contributed by atoms with Crippen molar-refractivity contribution in [1.82, 2.24) is 5.32 Å². The van der Waals surface area contributed by atoms with Crippen LogP contribution in [0, 0.1) is 11.8 Å². The molecule has 0 heterocycles. The molecule has 0 rings (SSSR count). The van der Waals surface area contributed by atoms with Gasteiger partial charge in [-0.3, -0.25) is 19.4 Å². The molecular weight excluding hydrogens is 636 g/mol. The SMILES string of the molecule is CCCCCCC(CCCC)C(=O)OCCCCCC(=O)N[C@@H](CCN=C(N)N)C(=O)OCCCCOC(=O)C(CCCC)CCCCCC. The highest BCUT2D eigenvalue weighted by atomic mass is 16.5. The van der Waals surface area contributed by atoms with Crippen LogP contribution in [-0.2, 0) is 33.4 Å². The second-order valence-electron chi connectivity index (χ2n) is 13.6. The van der Waals surface area contributed by atoms with Gasteiger partial charge in [0, 0.05) is 13.0 Å². The molecule has 2 unspecified atom stereocenters. The summed E-state index contributed by atoms with van der Waals surface area (Å²) in [5.74, 6) is -1.20. The molecule has 5 N–H and O–H groups in total. The molecule has 0 aliphatic rings. The Morgan fingerprint density at radius 1 is 0.520 bits per heavy atom. The summed E-state index contributed by atoms with van der Waals surface area (Å²) in [4.78, 5) is 54.8. The summed E-state index contributed by atoms with van der Waals surface area (Å²) >= 11 is 0. The molecule has 0 saturated carbocycles. The van der Waals surface area contributed by atoms with Gasteiger partial charge in [0.05, 0.1) is 31.7 Å². The zero-order chi connectivity index (χ0) is 37.2. The minimum absolute atomic E-state index is 0.0243. The minimum Gasteiger partial charge on any atom is -0.465 e. The van der Waals surface area contributed by atoms with Crippen LogP contribution in [0.1, 0.15) is 175 Å². The van der Waals surface area contributed by atoms with Crippen LogP contribution in [0.15, 0.2) is 4.99 Å². The van der Waals surface area contributed by atoms with Crippen molar-refractivity contribution < 1.29 is 33.4 Å². The van der Waals surface area contributed by atoms with Crippen LogP contribution in [0.3, 0.4) is 0 Å². The van der Waals surface area contributed by atoms with Crippen LogP contribution >= 0.6 is 0 Å². The first-order valence-corrected chi connectivity index (χ1v) is 20.0. The zero-order valence-corrected chi connectivity index (χ0v) is 32.3. The molecule has 0 aromatic carbocycles. The molecule has 0 fully saturated rings. The number of nitrogens with zero attached hydrogens (tertiary/aromatic N) is 1. The van der Waals surface area contributed by atoms with Gasteiger partial charge < -0.3 is 31.0 Å². The second kappa shape index (κ2) is 33.3. The monoisotopic (exact) mass is 711 g/mol. The van der Waals surface area contributed by atoms with Crippen molar-refractivity contribution in [3.8, 4) is 0 Å². The topological polar surface area (TPSA) is 172 Å². The van der Waals surface area contributed by atoms with E-state index in [1.165, 1.54) is 19.3 Å². The fourth-order valence-corrected chi connectivity index (χ4v) is 5.76. The van der Waals surface area contributed by atoms with E-state index in [9.17, 15) is 19.2 Å². The van der Waals surface area contributed by atoms with Crippen LogP contribution in [0.25, 0.3) is 0 Å². The van der Waals surface area contributed by atoms with Gasteiger partial charge in [-0.2, -0.15) is 0 Å². The third kappa shape index (κ3) is 26.9. The van der Waals surface area contributed by atoms with Crippen molar-refractivity contribution >= 4 is 29.8 Å². The average molecular weight is 711 g/mol. The van der Waals surface area contributed by atoms with Gasteiger partial charge in [0.25, 0.3) is 0 Å². The van der Waals surface area contributed by atoms with E-state index in [0.717, 1.165) is 89.9 Å². The van der Waals surface area contributed by atoms with Crippen LogP contribution in [0.4, 0.5) is 0 Å². The quantitative estimate of drug-likeness (QED) is 0.0199. The van der Waals surface area contributed by atoms with E-state index in [1.807, 2.05) is 0 Å². The Balaban J connectivity index is 4.56. The Bertz CT molecular complexity index is 911. The van der Waals surface area contributed by atoms with E-state index >= 15 is 0 Å². The third-order valence-electron chi connectivity index (χ3n) is 8.94. The lowest BCUT2D eigenvalue weighted by Gasteiger charge is -2.18. The average Bonchev–Trinajstić information content (AvgIpc) is 3.09. The number of carbonyl (C=O) groups is 4. The molecule has 3 atom stereocenters. The fraction of sp³-hybridized carbons (Fsp3) is 0.872. The summed E-state index contributed by atoms with van der Waals surface area (Å²) in [5.41, 5.74) is 10.9. The molecule has 0 saturated heterocycles. The standard InChI is InChI=1S/C39H74N4O7/c1-5-9-13-16-24-32(22-11-7-3)36(45)48-29-19-15-18-26-35(44)43-34(27-28-42-39(40)41)38(47)50-31-21-20-30-49-37(46)33(23-12-8-4)25-17-14-10-6-2/h32-34H,5-31H2,1-4H3,(H,43,44)(H4,40,41,42)/t32?,33?,34-/m0/s1. The molecule has 0 aromatic rings. The van der Waals surface area contributed by atoms with Gasteiger partial charge in [-0.05, 0) is 64.2 Å². The van der Waals surface area contributed by atoms with E-state index in [4.69, 9.17) is 25.7 Å². The molecule has 0 aliphatic heterocycles. The predicted molar refractivity (Wildman–Crippen MR) is 201 cm³/mol. The number of esters is 3. The number of guanidine groups is 1. The molecule has 1 amide bonds. The summed E-state index contributed by atoms with van der Waals surface area (Å²) in [5, 5.41) is 2.76. The lowest BCUT2D eigenvalue weighted by atomic mass is 9.95. The summed E-state index contributed by atoms with van der Waals surface area (Å²) in [6.45, 7) is 9.57. The number of amides is 1. The van der Waals surface area contributed by atoms with Crippen LogP contribution in [0.5, 0.6) is 0 Å². The van der Waals surface area contributed by atoms with Gasteiger partial charge >= 0.3 is 17.9 Å². The van der Waals surface area contributed by atoms with E-state index in [2.05, 4.69) is 38.0 Å². The third-order valence-corrected chi connectivity index (χ3v) is 8.94. The Hall–Kier alpha value is -2.85. The molecular formula is C39H74N4O7. The smallest absolute Gasteiger partial charge is 0.328 e. The predicted octanol–water partition coefficient (Wildman–Crippen LogP) is 7.66. The first kappa shape index (κ1) is 47.1. The number of ether oxygens (including phenoxy) is 3. The van der Waals surface area contributed by atoms with Crippen LogP contribution in [0.2, 0.25) is 0 Å². The summed E-state index contributed by atoms with van der Waals surface area (Å²) in [6.07, 6.45) is 20.3. The van der Waals surface area contributed by atoms with Crippen molar-refractivity contribution in [2.24, 2.45) is 28.3 Å². The number of nitrogens with two attached hydrogens (primary N) is 2. The van der Waals surface area contributed by atoms with Gasteiger partial charge in [-0.15, -0.1) is 0 Å². The maximum atomic E-state index is 12.8. The lowest BCUT2D eigenvalue weighted by molar-refractivity contribution is -0.151. The highest BCUT2D eigenvalue weighted by molar-refractivity contribution is 5.84. The van der Waals surface area contributed by atoms with Crippen molar-refractivity contribution in [2.75, 3.05) is 26.4 Å². The summed E-state index contributed by atoms with van der Waals surface area (Å²) < 4.78 is 16.6. The van der Waals surface area contributed by atoms with E-state index in [1.54, 1.807) is 0 Å². The number of rotatable bonds is 34. The fourth-order valence-electron chi connectivity index (χ4n) is 5.76. The Kier molecular flexibility index (Phi) is 31.4. The number of hydrogen-bond donors (Lipinski definition) is 3. The molecule has 11 nitrogen and oxygen atoms in total. The maximum absolute atomic E-state index is 12.8. The molecule has 11 heteroatoms. The van der Waals surface area contributed by atoms with Crippen molar-refractivity contribution in [3.63, 3.8) is 0 Å². The first-order valence-electron chi connectivity index (χ1n) is 20.0. The lowest BCUT2D eigenvalue weighted by Crippen LogP contribution is -2.42. The van der Waals surface area contributed by atoms with Gasteiger partial charge in [-0.25, -0.2) is 4.79 Å². The molecule has 0 spiro atoms. The molecule has 50 heavy (non-hydrogen) atoms. The van der Waals surface area contributed by atoms with Crippen LogP contribution < -0.4 is 16.8 Å². The molecule has 292 valence electrons.